The number of rotatable bonds is 2. The Morgan fingerprint density at radius 1 is 1.00 bits per heavy atom. The Morgan fingerprint density at radius 2 is 1.50 bits per heavy atom. The van der Waals surface area contributed by atoms with Gasteiger partial charge in [0.2, 0.25) is 0 Å². The molecule has 0 unspecified atom stereocenters. The molecule has 0 N–H and O–H groups in total. The van der Waals surface area contributed by atoms with Crippen LogP contribution in [0.5, 0.6) is 0 Å². The molecule has 0 atom stereocenters. The van der Waals surface area contributed by atoms with Gasteiger partial charge in [-0.2, -0.15) is 0 Å². The number of benzene rings is 1. The summed E-state index contributed by atoms with van der Waals surface area (Å²) in [6, 6.07) is 0.283. The van der Waals surface area contributed by atoms with E-state index in [0.29, 0.717) is 0 Å². The van der Waals surface area contributed by atoms with Crippen LogP contribution in [0.1, 0.15) is 12.0 Å². The van der Waals surface area contributed by atoms with Crippen LogP contribution in [-0.4, -0.2) is 6.98 Å². The summed E-state index contributed by atoms with van der Waals surface area (Å²) >= 11 is 0. The Balaban J connectivity index is 0.00000225. The van der Waals surface area contributed by atoms with Crippen molar-refractivity contribution in [3.63, 3.8) is 0 Å². The molecule has 0 amide bonds. The van der Waals surface area contributed by atoms with E-state index >= 15 is 0 Å². The maximum Gasteiger partial charge on any atom is 1.00 e. The average molecular weight is 270 g/mol. The molecule has 0 fully saturated rings. The molecule has 0 spiro atoms. The second-order valence-electron chi connectivity index (χ2n) is 2.74. The number of halogens is 7. The molecule has 0 aliphatic rings. The Morgan fingerprint density at radius 3 is 1.88 bits per heavy atom. The van der Waals surface area contributed by atoms with Gasteiger partial charge in [0, 0.05) is 0 Å². The molecule has 0 radical (unpaired) electrons. The quantitative estimate of drug-likeness (QED) is 0.522. The first-order valence-electron chi connectivity index (χ1n) is 3.71. The van der Waals surface area contributed by atoms with E-state index in [9.17, 15) is 30.5 Å². The van der Waals surface area contributed by atoms with Crippen molar-refractivity contribution in [1.29, 1.82) is 0 Å². The van der Waals surface area contributed by atoms with E-state index in [1.807, 2.05) is 0 Å². The molecule has 84 valence electrons. The van der Waals surface area contributed by atoms with Crippen LogP contribution >= 0.6 is 0 Å². The summed E-state index contributed by atoms with van der Waals surface area (Å²) in [5.74, 6) is -3.93. The molecule has 1 aromatic rings. The Kier molecular flexibility index (Phi) is 6.01. The molecule has 0 aliphatic heterocycles. The fourth-order valence-electron chi connectivity index (χ4n) is 1.04. The van der Waals surface area contributed by atoms with Gasteiger partial charge in [0.25, 0.3) is 6.43 Å². The summed E-state index contributed by atoms with van der Waals surface area (Å²) in [7, 11) is 0. The summed E-state index contributed by atoms with van der Waals surface area (Å²) in [5.41, 5.74) is -3.68. The smallest absolute Gasteiger partial charge is 0.445 e. The summed E-state index contributed by atoms with van der Waals surface area (Å²) in [5, 5.41) is 0. The molecule has 1 aromatic carbocycles. The molecule has 1 rings (SSSR count). The van der Waals surface area contributed by atoms with E-state index in [2.05, 4.69) is 0 Å². The van der Waals surface area contributed by atoms with Crippen LogP contribution in [0.25, 0.3) is 0 Å². The minimum atomic E-state index is -5.77. The first-order chi connectivity index (χ1) is 6.75. The Labute approximate surface area is 129 Å². The normalized spacial score (nSPS) is 11.5. The zero-order chi connectivity index (χ0) is 11.8. The molecular formula is C7H3BF7K. The van der Waals surface area contributed by atoms with E-state index in [1.165, 1.54) is 0 Å². The van der Waals surface area contributed by atoms with Crippen LogP contribution in [0.4, 0.5) is 30.5 Å². The van der Waals surface area contributed by atoms with Gasteiger partial charge < -0.3 is 12.9 Å². The van der Waals surface area contributed by atoms with Crippen molar-refractivity contribution >= 4 is 12.4 Å². The Hall–Kier alpha value is 0.431. The SMILES string of the molecule is Fc1ccc([B-](F)(F)F)c(F)c1C(F)F.[K+]. The number of hydrogen-bond donors (Lipinski definition) is 0. The van der Waals surface area contributed by atoms with Gasteiger partial charge in [0.15, 0.2) is 0 Å². The van der Waals surface area contributed by atoms with Gasteiger partial charge in [-0.05, 0) is 6.07 Å². The molecular weight excluding hydrogens is 267 g/mol. The van der Waals surface area contributed by atoms with Crippen LogP contribution in [0.3, 0.4) is 0 Å². The van der Waals surface area contributed by atoms with Crippen molar-refractivity contribution in [2.45, 2.75) is 6.43 Å². The molecule has 0 nitrogen and oxygen atoms in total. The van der Waals surface area contributed by atoms with Gasteiger partial charge in [-0.3, -0.25) is 0 Å². The van der Waals surface area contributed by atoms with Crippen molar-refractivity contribution in [3.8, 4) is 0 Å². The molecule has 0 heterocycles. The summed E-state index contributed by atoms with van der Waals surface area (Å²) < 4.78 is 85.7. The fourth-order valence-corrected chi connectivity index (χ4v) is 1.04. The molecule has 0 saturated heterocycles. The molecule has 0 aliphatic carbocycles. The maximum atomic E-state index is 12.9. The van der Waals surface area contributed by atoms with Crippen LogP contribution < -0.4 is 56.8 Å². The van der Waals surface area contributed by atoms with E-state index in [-0.39, 0.29) is 63.5 Å². The average Bonchev–Trinajstić information content (AvgIpc) is 2.00. The topological polar surface area (TPSA) is 0 Å². The molecule has 0 saturated carbocycles. The zero-order valence-corrected chi connectivity index (χ0v) is 11.1. The van der Waals surface area contributed by atoms with Gasteiger partial charge in [0.05, 0.1) is 5.56 Å². The monoisotopic (exact) mass is 270 g/mol. The maximum absolute atomic E-state index is 12.9. The van der Waals surface area contributed by atoms with Gasteiger partial charge in [0.1, 0.15) is 11.6 Å². The fraction of sp³-hybridized carbons (Fsp3) is 0.143. The first kappa shape index (κ1) is 16.4. The second-order valence-corrected chi connectivity index (χ2v) is 2.74. The third-order valence-corrected chi connectivity index (χ3v) is 1.73. The van der Waals surface area contributed by atoms with E-state index in [1.54, 1.807) is 0 Å². The second kappa shape index (κ2) is 5.85. The van der Waals surface area contributed by atoms with Crippen LogP contribution in [0, 0.1) is 11.6 Å². The van der Waals surface area contributed by atoms with Crippen molar-refractivity contribution < 1.29 is 81.9 Å². The predicted octanol–water partition coefficient (Wildman–Crippen LogP) is -0.0392. The van der Waals surface area contributed by atoms with E-state index in [0.717, 1.165) is 0 Å². The number of alkyl halides is 2. The van der Waals surface area contributed by atoms with E-state index in [4.69, 9.17) is 0 Å². The molecule has 16 heavy (non-hydrogen) atoms. The summed E-state index contributed by atoms with van der Waals surface area (Å²) in [6.45, 7) is -5.77. The van der Waals surface area contributed by atoms with Gasteiger partial charge >= 0.3 is 58.4 Å². The minimum Gasteiger partial charge on any atom is -0.445 e. The minimum absolute atomic E-state index is 0. The van der Waals surface area contributed by atoms with Crippen molar-refractivity contribution in [3.05, 3.63) is 29.3 Å². The van der Waals surface area contributed by atoms with Gasteiger partial charge in [-0.25, -0.2) is 17.6 Å². The third-order valence-electron chi connectivity index (χ3n) is 1.73. The molecule has 0 bridgehead atoms. The first-order valence-corrected chi connectivity index (χ1v) is 3.71. The van der Waals surface area contributed by atoms with Crippen molar-refractivity contribution in [2.75, 3.05) is 0 Å². The predicted molar refractivity (Wildman–Crippen MR) is 40.0 cm³/mol. The van der Waals surface area contributed by atoms with Gasteiger partial charge in [-0.1, -0.05) is 11.5 Å². The Bertz CT molecular complexity index is 376. The third kappa shape index (κ3) is 3.46. The van der Waals surface area contributed by atoms with Crippen LogP contribution in [0.15, 0.2) is 12.1 Å². The van der Waals surface area contributed by atoms with Crippen molar-refractivity contribution in [2.24, 2.45) is 0 Å². The van der Waals surface area contributed by atoms with Gasteiger partial charge in [-0.15, -0.1) is 0 Å². The molecule has 0 aromatic heterocycles. The summed E-state index contributed by atoms with van der Waals surface area (Å²) in [4.78, 5) is 0. The largest absolute Gasteiger partial charge is 1.00 e. The summed E-state index contributed by atoms with van der Waals surface area (Å²) in [6.07, 6.45) is -3.62. The standard InChI is InChI=1S/C7H3BF7.K/c9-4-2-1-3(8(13,14)15)6(10)5(4)7(11)12;/h1-2,7H;/q-1;+1. The zero-order valence-electron chi connectivity index (χ0n) is 7.96. The number of hydrogen-bond acceptors (Lipinski definition) is 0. The van der Waals surface area contributed by atoms with Crippen LogP contribution in [-0.2, 0) is 0 Å². The van der Waals surface area contributed by atoms with Crippen LogP contribution in [0.2, 0.25) is 0 Å². The van der Waals surface area contributed by atoms with Crippen molar-refractivity contribution in [1.82, 2.24) is 0 Å². The molecule has 9 heteroatoms. The van der Waals surface area contributed by atoms with E-state index < -0.39 is 36.1 Å².